The van der Waals surface area contributed by atoms with Crippen LogP contribution >= 0.6 is 0 Å². The molecule has 6 nitrogen and oxygen atoms in total. The minimum absolute atomic E-state index is 0.0106. The Morgan fingerprint density at radius 1 is 1.10 bits per heavy atom. The van der Waals surface area contributed by atoms with E-state index in [2.05, 4.69) is 15.3 Å². The number of rotatable bonds is 6. The highest BCUT2D eigenvalue weighted by molar-refractivity contribution is 5.92. The first kappa shape index (κ1) is 20.8. The topological polar surface area (TPSA) is 87.9 Å². The van der Waals surface area contributed by atoms with Gasteiger partial charge in [-0.05, 0) is 23.3 Å². The molecular formula is C21H15F3N4O2. The zero-order chi connectivity index (χ0) is 21.6. The van der Waals surface area contributed by atoms with Gasteiger partial charge in [0.2, 0.25) is 5.88 Å². The number of ether oxygens (including phenoxy) is 1. The summed E-state index contributed by atoms with van der Waals surface area (Å²) in [5.41, 5.74) is -0.0704. The zero-order valence-corrected chi connectivity index (χ0v) is 15.4. The fourth-order valence-corrected chi connectivity index (χ4v) is 2.53. The lowest BCUT2D eigenvalue weighted by Crippen LogP contribution is -2.28. The molecule has 1 atom stereocenters. The first-order chi connectivity index (χ1) is 14.4. The van der Waals surface area contributed by atoms with Crippen LogP contribution in [0.15, 0.2) is 67.0 Å². The van der Waals surface area contributed by atoms with Crippen molar-refractivity contribution in [1.82, 2.24) is 15.3 Å². The molecule has 1 aromatic heterocycles. The van der Waals surface area contributed by atoms with Gasteiger partial charge in [0, 0.05) is 0 Å². The smallest absolute Gasteiger partial charge is 0.416 e. The second-order valence-electron chi connectivity index (χ2n) is 6.17. The fraction of sp³-hybridized carbons (Fsp3) is 0.143. The minimum Gasteiger partial charge on any atom is -0.472 e. The van der Waals surface area contributed by atoms with Crippen molar-refractivity contribution in [2.45, 2.75) is 18.8 Å². The molecule has 3 rings (SSSR count). The van der Waals surface area contributed by atoms with Crippen LogP contribution in [0.3, 0.4) is 0 Å². The molecule has 30 heavy (non-hydrogen) atoms. The lowest BCUT2D eigenvalue weighted by atomic mass is 10.0. The van der Waals surface area contributed by atoms with Crippen LogP contribution in [0.25, 0.3) is 0 Å². The molecule has 0 bridgehead atoms. The summed E-state index contributed by atoms with van der Waals surface area (Å²) in [4.78, 5) is 20.3. The summed E-state index contributed by atoms with van der Waals surface area (Å²) < 4.78 is 44.1. The third-order valence-corrected chi connectivity index (χ3v) is 4.04. The van der Waals surface area contributed by atoms with E-state index in [-0.39, 0.29) is 23.7 Å². The molecule has 0 aliphatic carbocycles. The highest BCUT2D eigenvalue weighted by Crippen LogP contribution is 2.30. The van der Waals surface area contributed by atoms with E-state index in [1.165, 1.54) is 18.3 Å². The SMILES string of the molecule is N#CC(NC(=O)c1cnc(OCc2ccccc2)cn1)c1cccc(C(F)(F)F)c1. The van der Waals surface area contributed by atoms with E-state index >= 15 is 0 Å². The van der Waals surface area contributed by atoms with Crippen molar-refractivity contribution in [3.63, 3.8) is 0 Å². The van der Waals surface area contributed by atoms with Crippen LogP contribution < -0.4 is 10.1 Å². The number of nitrogens with one attached hydrogen (secondary N) is 1. The number of hydrogen-bond acceptors (Lipinski definition) is 5. The molecule has 0 aliphatic rings. The van der Waals surface area contributed by atoms with Gasteiger partial charge in [0.1, 0.15) is 18.3 Å². The molecule has 0 fully saturated rings. The lowest BCUT2D eigenvalue weighted by Gasteiger charge is -2.14. The second-order valence-corrected chi connectivity index (χ2v) is 6.17. The third-order valence-electron chi connectivity index (χ3n) is 4.04. The van der Waals surface area contributed by atoms with Gasteiger partial charge in [0.25, 0.3) is 5.91 Å². The average Bonchev–Trinajstić information content (AvgIpc) is 2.76. The molecular weight excluding hydrogens is 397 g/mol. The quantitative estimate of drug-likeness (QED) is 0.660. The summed E-state index contributed by atoms with van der Waals surface area (Å²) in [6.45, 7) is 0.271. The molecule has 9 heteroatoms. The van der Waals surface area contributed by atoms with Gasteiger partial charge in [-0.2, -0.15) is 18.4 Å². The van der Waals surface area contributed by atoms with Gasteiger partial charge in [-0.25, -0.2) is 9.97 Å². The molecule has 0 saturated carbocycles. The van der Waals surface area contributed by atoms with Crippen LogP contribution in [0.2, 0.25) is 0 Å². The van der Waals surface area contributed by atoms with Gasteiger partial charge < -0.3 is 10.1 Å². The number of alkyl halides is 3. The van der Waals surface area contributed by atoms with E-state index < -0.39 is 23.7 Å². The largest absolute Gasteiger partial charge is 0.472 e. The Bertz CT molecular complexity index is 1050. The van der Waals surface area contributed by atoms with Crippen molar-refractivity contribution in [2.24, 2.45) is 0 Å². The van der Waals surface area contributed by atoms with E-state index in [0.29, 0.717) is 0 Å². The van der Waals surface area contributed by atoms with Crippen LogP contribution in [0.4, 0.5) is 13.2 Å². The van der Waals surface area contributed by atoms with Crippen molar-refractivity contribution >= 4 is 5.91 Å². The lowest BCUT2D eigenvalue weighted by molar-refractivity contribution is -0.137. The van der Waals surface area contributed by atoms with Gasteiger partial charge in [0.05, 0.1) is 24.0 Å². The normalized spacial score (nSPS) is 11.9. The number of hydrogen-bond donors (Lipinski definition) is 1. The predicted octanol–water partition coefficient (Wildman–Crippen LogP) is 4.07. The Morgan fingerprint density at radius 3 is 2.50 bits per heavy atom. The summed E-state index contributed by atoms with van der Waals surface area (Å²) in [7, 11) is 0. The maximum atomic E-state index is 12.9. The van der Waals surface area contributed by atoms with Crippen molar-refractivity contribution < 1.29 is 22.7 Å². The van der Waals surface area contributed by atoms with Crippen molar-refractivity contribution in [3.05, 3.63) is 89.4 Å². The van der Waals surface area contributed by atoms with E-state index in [9.17, 15) is 23.2 Å². The third kappa shape index (κ3) is 5.32. The highest BCUT2D eigenvalue weighted by Gasteiger charge is 2.31. The molecule has 1 unspecified atom stereocenters. The first-order valence-corrected chi connectivity index (χ1v) is 8.73. The number of nitriles is 1. The molecule has 152 valence electrons. The van der Waals surface area contributed by atoms with Gasteiger partial charge >= 0.3 is 6.18 Å². The van der Waals surface area contributed by atoms with Crippen LogP contribution in [-0.2, 0) is 12.8 Å². The van der Waals surface area contributed by atoms with Crippen molar-refractivity contribution in [1.29, 1.82) is 5.26 Å². The standard InChI is InChI=1S/C21H15F3N4O2/c22-21(23,24)16-8-4-7-15(9-16)17(10-25)28-20(29)18-11-27-19(12-26-18)30-13-14-5-2-1-3-6-14/h1-9,11-12,17H,13H2,(H,28,29). The number of amides is 1. The summed E-state index contributed by atoms with van der Waals surface area (Å²) in [5, 5.41) is 11.6. The number of carbonyl (C=O) groups is 1. The fourth-order valence-electron chi connectivity index (χ4n) is 2.53. The predicted molar refractivity (Wildman–Crippen MR) is 100 cm³/mol. The summed E-state index contributed by atoms with van der Waals surface area (Å²) in [6.07, 6.45) is -2.14. The van der Waals surface area contributed by atoms with E-state index in [0.717, 1.165) is 23.9 Å². The first-order valence-electron chi connectivity index (χ1n) is 8.73. The summed E-state index contributed by atoms with van der Waals surface area (Å²) >= 11 is 0. The Kier molecular flexibility index (Phi) is 6.27. The number of aromatic nitrogens is 2. The van der Waals surface area contributed by atoms with Crippen LogP contribution in [-0.4, -0.2) is 15.9 Å². The monoisotopic (exact) mass is 412 g/mol. The molecule has 0 aliphatic heterocycles. The molecule has 1 N–H and O–H groups in total. The van der Waals surface area contributed by atoms with Crippen LogP contribution in [0.1, 0.15) is 33.2 Å². The van der Waals surface area contributed by atoms with Gasteiger partial charge in [-0.3, -0.25) is 4.79 Å². The molecule has 1 amide bonds. The van der Waals surface area contributed by atoms with Gasteiger partial charge in [-0.15, -0.1) is 0 Å². The summed E-state index contributed by atoms with van der Waals surface area (Å²) in [6, 6.07) is 14.1. The maximum absolute atomic E-state index is 12.9. The molecule has 0 saturated heterocycles. The Labute approximate surface area is 170 Å². The van der Waals surface area contributed by atoms with E-state index in [1.807, 2.05) is 30.3 Å². The average molecular weight is 412 g/mol. The van der Waals surface area contributed by atoms with Crippen LogP contribution in [0, 0.1) is 11.3 Å². The van der Waals surface area contributed by atoms with E-state index in [4.69, 9.17) is 4.74 Å². The second kappa shape index (κ2) is 9.05. The molecule has 1 heterocycles. The van der Waals surface area contributed by atoms with Crippen molar-refractivity contribution in [2.75, 3.05) is 0 Å². The molecule has 3 aromatic rings. The minimum atomic E-state index is -4.55. The molecule has 0 radical (unpaired) electrons. The number of benzene rings is 2. The van der Waals surface area contributed by atoms with Gasteiger partial charge in [-0.1, -0.05) is 42.5 Å². The summed E-state index contributed by atoms with van der Waals surface area (Å²) in [5.74, 6) is -0.550. The van der Waals surface area contributed by atoms with Crippen molar-refractivity contribution in [3.8, 4) is 11.9 Å². The van der Waals surface area contributed by atoms with Crippen LogP contribution in [0.5, 0.6) is 5.88 Å². The number of nitrogens with zero attached hydrogens (tertiary/aromatic N) is 3. The Morgan fingerprint density at radius 2 is 1.87 bits per heavy atom. The van der Waals surface area contributed by atoms with E-state index in [1.54, 1.807) is 6.07 Å². The molecule has 2 aromatic carbocycles. The Balaban J connectivity index is 1.65. The highest BCUT2D eigenvalue weighted by atomic mass is 19.4. The molecule has 0 spiro atoms. The Hall–Kier alpha value is -3.93. The maximum Gasteiger partial charge on any atom is 0.416 e. The number of halogens is 3. The zero-order valence-electron chi connectivity index (χ0n) is 15.4. The van der Waals surface area contributed by atoms with Gasteiger partial charge in [0.15, 0.2) is 0 Å². The number of carbonyl (C=O) groups excluding carboxylic acids is 1.